The van der Waals surface area contributed by atoms with Crippen molar-refractivity contribution >= 4 is 11.6 Å². The zero-order valence-corrected chi connectivity index (χ0v) is 19.9. The summed E-state index contributed by atoms with van der Waals surface area (Å²) in [5, 5.41) is 5.81. The Kier molecular flexibility index (Phi) is 5.89. The van der Waals surface area contributed by atoms with Crippen molar-refractivity contribution in [3.63, 3.8) is 0 Å². The standard InChI is InChI=1S/C25H27F5N4O2/c1-11-22(25(11,29)30)34-10-17(18(7-19(34)35)32-21-15-8-33(3)9-16(15)21)24(36)31-12(2)13-5-4-6-14(20(13)26)23(27)28/h4-7,10-12,15-16,21-23,32H,8-9H2,1-3H3,(H,31,36)/t11-,12-,15-,16+,21+,22-/m1/s1. The number of alkyl halides is 4. The van der Waals surface area contributed by atoms with Gasteiger partial charge in [-0.3, -0.25) is 9.59 Å². The van der Waals surface area contributed by atoms with Gasteiger partial charge in [-0.2, -0.15) is 0 Å². The first kappa shape index (κ1) is 24.7. The molecule has 1 amide bonds. The number of amides is 1. The van der Waals surface area contributed by atoms with Crippen molar-refractivity contribution in [2.75, 3.05) is 25.5 Å². The largest absolute Gasteiger partial charge is 0.381 e. The Hall–Kier alpha value is -2.95. The van der Waals surface area contributed by atoms with Crippen LogP contribution in [0.15, 0.2) is 35.3 Å². The quantitative estimate of drug-likeness (QED) is 0.548. The van der Waals surface area contributed by atoms with E-state index in [2.05, 4.69) is 15.5 Å². The molecule has 1 aromatic heterocycles. The van der Waals surface area contributed by atoms with E-state index in [1.54, 1.807) is 0 Å². The van der Waals surface area contributed by atoms with Gasteiger partial charge < -0.3 is 20.1 Å². The molecule has 6 atom stereocenters. The van der Waals surface area contributed by atoms with Gasteiger partial charge in [0.1, 0.15) is 11.9 Å². The highest BCUT2D eigenvalue weighted by Crippen LogP contribution is 2.58. The average molecular weight is 511 g/mol. The van der Waals surface area contributed by atoms with Gasteiger partial charge in [0.25, 0.3) is 23.8 Å². The maximum absolute atomic E-state index is 14.6. The monoisotopic (exact) mass is 510 g/mol. The van der Waals surface area contributed by atoms with Gasteiger partial charge in [-0.25, -0.2) is 22.0 Å². The number of piperidine rings is 1. The number of nitrogens with one attached hydrogen (secondary N) is 2. The molecule has 5 rings (SSSR count). The Morgan fingerprint density at radius 1 is 1.17 bits per heavy atom. The lowest BCUT2D eigenvalue weighted by atomic mass is 10.0. The molecule has 194 valence electrons. The lowest BCUT2D eigenvalue weighted by Crippen LogP contribution is -2.32. The molecule has 2 N–H and O–H groups in total. The van der Waals surface area contributed by atoms with Crippen LogP contribution in [0.25, 0.3) is 0 Å². The number of anilines is 1. The van der Waals surface area contributed by atoms with Gasteiger partial charge in [-0.05, 0) is 25.8 Å². The third kappa shape index (κ3) is 4.07. The number of pyridine rings is 1. The topological polar surface area (TPSA) is 66.4 Å². The molecule has 2 heterocycles. The summed E-state index contributed by atoms with van der Waals surface area (Å²) in [4.78, 5) is 28.2. The van der Waals surface area contributed by atoms with Crippen LogP contribution in [-0.4, -0.2) is 47.5 Å². The molecule has 6 nitrogen and oxygen atoms in total. The number of hydrogen-bond acceptors (Lipinski definition) is 4. The van der Waals surface area contributed by atoms with E-state index >= 15 is 0 Å². The summed E-state index contributed by atoms with van der Waals surface area (Å²) < 4.78 is 69.9. The van der Waals surface area contributed by atoms with Crippen LogP contribution in [0.4, 0.5) is 27.6 Å². The lowest BCUT2D eigenvalue weighted by Gasteiger charge is -2.20. The van der Waals surface area contributed by atoms with Crippen LogP contribution in [0.3, 0.4) is 0 Å². The van der Waals surface area contributed by atoms with Crippen LogP contribution in [0.1, 0.15) is 53.8 Å². The molecular weight excluding hydrogens is 483 g/mol. The van der Waals surface area contributed by atoms with Gasteiger partial charge in [0.05, 0.1) is 22.9 Å². The van der Waals surface area contributed by atoms with E-state index in [4.69, 9.17) is 0 Å². The van der Waals surface area contributed by atoms with E-state index in [9.17, 15) is 31.5 Å². The predicted octanol–water partition coefficient (Wildman–Crippen LogP) is 4.21. The fourth-order valence-corrected chi connectivity index (χ4v) is 5.51. The second-order valence-electron chi connectivity index (χ2n) is 10.2. The summed E-state index contributed by atoms with van der Waals surface area (Å²) >= 11 is 0. The highest BCUT2D eigenvalue weighted by molar-refractivity contribution is 5.99. The molecule has 1 aliphatic heterocycles. The molecule has 3 aliphatic rings. The zero-order chi connectivity index (χ0) is 26.1. The van der Waals surface area contributed by atoms with Gasteiger partial charge in [0.2, 0.25) is 0 Å². The second-order valence-corrected chi connectivity index (χ2v) is 10.2. The smallest absolute Gasteiger partial charge is 0.273 e. The van der Waals surface area contributed by atoms with E-state index < -0.39 is 53.2 Å². The summed E-state index contributed by atoms with van der Waals surface area (Å²) in [6, 6.07) is 2.36. The van der Waals surface area contributed by atoms with Crippen LogP contribution in [-0.2, 0) is 0 Å². The van der Waals surface area contributed by atoms with E-state index in [1.165, 1.54) is 26.0 Å². The van der Waals surface area contributed by atoms with Crippen LogP contribution in [0.5, 0.6) is 0 Å². The number of benzene rings is 1. The Bertz CT molecular complexity index is 1250. The van der Waals surface area contributed by atoms with Gasteiger partial charge in [-0.15, -0.1) is 0 Å². The predicted molar refractivity (Wildman–Crippen MR) is 123 cm³/mol. The van der Waals surface area contributed by atoms with Crippen LogP contribution in [0.2, 0.25) is 0 Å². The first-order valence-electron chi connectivity index (χ1n) is 11.9. The summed E-state index contributed by atoms with van der Waals surface area (Å²) in [5.41, 5.74) is -1.40. The van der Waals surface area contributed by atoms with Crippen molar-refractivity contribution in [1.82, 2.24) is 14.8 Å². The molecule has 1 saturated heterocycles. The van der Waals surface area contributed by atoms with E-state index in [-0.39, 0.29) is 22.9 Å². The first-order chi connectivity index (χ1) is 16.9. The molecule has 11 heteroatoms. The summed E-state index contributed by atoms with van der Waals surface area (Å²) in [7, 11) is 2.00. The Morgan fingerprint density at radius 3 is 2.36 bits per heavy atom. The van der Waals surface area contributed by atoms with Crippen molar-refractivity contribution in [3.8, 4) is 0 Å². The van der Waals surface area contributed by atoms with E-state index in [0.29, 0.717) is 11.8 Å². The molecule has 36 heavy (non-hydrogen) atoms. The van der Waals surface area contributed by atoms with Crippen molar-refractivity contribution in [2.24, 2.45) is 17.8 Å². The van der Waals surface area contributed by atoms with E-state index in [0.717, 1.165) is 36.0 Å². The Balaban J connectivity index is 1.44. The first-order valence-corrected chi connectivity index (χ1v) is 11.9. The molecule has 0 radical (unpaired) electrons. The second kappa shape index (κ2) is 8.57. The highest BCUT2D eigenvalue weighted by Gasteiger charge is 2.67. The number of fused-ring (bicyclic) bond motifs is 1. The van der Waals surface area contributed by atoms with Gasteiger partial charge >= 0.3 is 0 Å². The molecule has 2 aromatic rings. The fraction of sp³-hybridized carbons (Fsp3) is 0.520. The maximum Gasteiger partial charge on any atom is 0.273 e. The van der Waals surface area contributed by atoms with Crippen molar-refractivity contribution in [3.05, 3.63) is 63.3 Å². The highest BCUT2D eigenvalue weighted by atomic mass is 19.3. The molecule has 3 fully saturated rings. The Morgan fingerprint density at radius 2 is 1.78 bits per heavy atom. The molecule has 2 saturated carbocycles. The third-order valence-corrected chi connectivity index (χ3v) is 7.80. The molecule has 0 spiro atoms. The minimum absolute atomic E-state index is 0.0416. The van der Waals surface area contributed by atoms with Crippen molar-refractivity contribution < 1.29 is 26.7 Å². The van der Waals surface area contributed by atoms with Crippen LogP contribution in [0, 0.1) is 23.6 Å². The van der Waals surface area contributed by atoms with Crippen molar-refractivity contribution in [2.45, 2.75) is 44.3 Å². The lowest BCUT2D eigenvalue weighted by molar-refractivity contribution is 0.0868. The number of likely N-dealkylation sites (tertiary alicyclic amines) is 1. The van der Waals surface area contributed by atoms with Crippen LogP contribution >= 0.6 is 0 Å². The number of rotatable bonds is 7. The van der Waals surface area contributed by atoms with Gasteiger partial charge in [0, 0.05) is 42.9 Å². The zero-order valence-electron chi connectivity index (χ0n) is 19.9. The summed E-state index contributed by atoms with van der Waals surface area (Å²) in [6.45, 7) is 4.49. The number of halogens is 5. The summed E-state index contributed by atoms with van der Waals surface area (Å²) in [6.07, 6.45) is -1.91. The Labute approximate surface area is 204 Å². The number of nitrogens with zero attached hydrogens (tertiary/aromatic N) is 2. The molecule has 1 aromatic carbocycles. The van der Waals surface area contributed by atoms with E-state index in [1.807, 2.05) is 7.05 Å². The normalized spacial score (nSPS) is 29.1. The number of aromatic nitrogens is 1. The van der Waals surface area contributed by atoms with Crippen LogP contribution < -0.4 is 16.2 Å². The minimum atomic E-state index is -3.07. The molecular formula is C25H27F5N4O2. The number of carbonyl (C=O) groups is 1. The maximum atomic E-state index is 14.6. The molecule has 2 aliphatic carbocycles. The fourth-order valence-electron chi connectivity index (χ4n) is 5.51. The molecule has 0 unspecified atom stereocenters. The van der Waals surface area contributed by atoms with Gasteiger partial charge in [0.15, 0.2) is 0 Å². The number of hydrogen-bond donors (Lipinski definition) is 2. The molecule has 0 bridgehead atoms. The van der Waals surface area contributed by atoms with Gasteiger partial charge in [-0.1, -0.05) is 25.1 Å². The average Bonchev–Trinajstić information content (AvgIpc) is 3.48. The van der Waals surface area contributed by atoms with Crippen molar-refractivity contribution in [1.29, 1.82) is 0 Å². The third-order valence-electron chi connectivity index (χ3n) is 7.80. The summed E-state index contributed by atoms with van der Waals surface area (Å²) in [5.74, 6) is -5.28. The SMILES string of the molecule is C[C@@H]1[C@@H](n2cc(C(=O)N[C@H](C)c3cccc(C(F)F)c3F)c(N[C@H]3[C@@H]4CN(C)C[C@@H]43)cc2=O)C1(F)F. The minimum Gasteiger partial charge on any atom is -0.381 e. The number of carbonyl (C=O) groups excluding carboxylic acids is 1.